The number of hydrogen-bond acceptors (Lipinski definition) is 3. The van der Waals surface area contributed by atoms with Crippen molar-refractivity contribution in [1.82, 2.24) is 4.57 Å². The van der Waals surface area contributed by atoms with E-state index in [1.807, 2.05) is 30.3 Å². The highest BCUT2D eigenvalue weighted by molar-refractivity contribution is 9.10. The third-order valence-corrected chi connectivity index (χ3v) is 3.32. The molecule has 0 aliphatic heterocycles. The van der Waals surface area contributed by atoms with E-state index in [9.17, 15) is 4.79 Å². The summed E-state index contributed by atoms with van der Waals surface area (Å²) in [4.78, 5) is 11.7. The summed E-state index contributed by atoms with van der Waals surface area (Å²) >= 11 is 3.38. The zero-order valence-electron chi connectivity index (χ0n) is 9.11. The average Bonchev–Trinajstić information content (AvgIpc) is 2.63. The third-order valence-electron chi connectivity index (χ3n) is 2.52. The van der Waals surface area contributed by atoms with Crippen LogP contribution < -0.4 is 0 Å². The van der Waals surface area contributed by atoms with Crippen LogP contribution in [0.2, 0.25) is 0 Å². The van der Waals surface area contributed by atoms with Gasteiger partial charge in [0.1, 0.15) is 12.2 Å². The third kappa shape index (κ3) is 1.81. The number of carbonyl (C=O) groups excluding carboxylic acids is 1. The first-order valence-corrected chi connectivity index (χ1v) is 5.72. The molecule has 17 heavy (non-hydrogen) atoms. The van der Waals surface area contributed by atoms with Gasteiger partial charge < -0.3 is 9.30 Å². The number of methoxy groups -OCH3 is 1. The molecular formula is C12H9BrN2O2. The van der Waals surface area contributed by atoms with Gasteiger partial charge in [-0.3, -0.25) is 0 Å². The first-order valence-electron chi connectivity index (χ1n) is 4.92. The molecule has 2 rings (SSSR count). The summed E-state index contributed by atoms with van der Waals surface area (Å²) in [5.74, 6) is -0.455. The van der Waals surface area contributed by atoms with Crippen molar-refractivity contribution in [3.8, 4) is 6.07 Å². The summed E-state index contributed by atoms with van der Waals surface area (Å²) in [5, 5.41) is 9.72. The molecule has 2 aromatic rings. The van der Waals surface area contributed by atoms with Crippen molar-refractivity contribution in [1.29, 1.82) is 5.26 Å². The second-order valence-electron chi connectivity index (χ2n) is 3.42. The Labute approximate surface area is 107 Å². The fourth-order valence-corrected chi connectivity index (χ4v) is 2.50. The van der Waals surface area contributed by atoms with E-state index in [0.717, 1.165) is 10.9 Å². The number of halogens is 1. The molecule has 0 radical (unpaired) electrons. The fraction of sp³-hybridized carbons (Fsp3) is 0.167. The normalized spacial score (nSPS) is 10.2. The lowest BCUT2D eigenvalue weighted by Crippen LogP contribution is -2.10. The number of carbonyl (C=O) groups is 1. The van der Waals surface area contributed by atoms with Crippen LogP contribution >= 0.6 is 15.9 Å². The van der Waals surface area contributed by atoms with Crippen molar-refractivity contribution in [3.63, 3.8) is 0 Å². The standard InChI is InChI=1S/C12H9BrN2O2/c1-17-12(16)11-10(13)8-4-2-3-5-9(8)15(11)7-6-14/h2-5H,7H2,1H3. The van der Waals surface area contributed by atoms with Crippen molar-refractivity contribution in [3.05, 3.63) is 34.4 Å². The summed E-state index contributed by atoms with van der Waals surface area (Å²) in [5.41, 5.74) is 1.21. The van der Waals surface area contributed by atoms with Gasteiger partial charge in [-0.05, 0) is 22.0 Å². The molecule has 0 saturated heterocycles. The minimum Gasteiger partial charge on any atom is -0.464 e. The molecule has 1 aromatic carbocycles. The van der Waals surface area contributed by atoms with Gasteiger partial charge in [-0.25, -0.2) is 4.79 Å². The molecule has 4 nitrogen and oxygen atoms in total. The molecule has 0 N–H and O–H groups in total. The van der Waals surface area contributed by atoms with Crippen LogP contribution in [0.3, 0.4) is 0 Å². The van der Waals surface area contributed by atoms with Crippen LogP contribution in [0, 0.1) is 11.3 Å². The minimum absolute atomic E-state index is 0.108. The number of esters is 1. The monoisotopic (exact) mass is 292 g/mol. The van der Waals surface area contributed by atoms with Crippen molar-refractivity contribution < 1.29 is 9.53 Å². The molecule has 0 bridgehead atoms. The number of rotatable bonds is 2. The number of nitriles is 1. The highest BCUT2D eigenvalue weighted by atomic mass is 79.9. The Morgan fingerprint density at radius 2 is 2.24 bits per heavy atom. The van der Waals surface area contributed by atoms with Crippen LogP contribution in [0.5, 0.6) is 0 Å². The molecule has 5 heteroatoms. The molecule has 0 amide bonds. The summed E-state index contributed by atoms with van der Waals surface area (Å²) in [6.45, 7) is 0.108. The Bertz CT molecular complexity index is 625. The number of hydrogen-bond donors (Lipinski definition) is 0. The molecule has 0 fully saturated rings. The predicted octanol–water partition coefficient (Wildman–Crippen LogP) is 2.71. The van der Waals surface area contributed by atoms with Crippen LogP contribution in [-0.4, -0.2) is 17.6 Å². The number of nitrogens with zero attached hydrogens (tertiary/aromatic N) is 2. The Hall–Kier alpha value is -1.80. The molecule has 0 atom stereocenters. The highest BCUT2D eigenvalue weighted by Gasteiger charge is 2.21. The molecule has 0 unspecified atom stereocenters. The van der Waals surface area contributed by atoms with Crippen LogP contribution in [0.15, 0.2) is 28.7 Å². The Morgan fingerprint density at radius 1 is 1.53 bits per heavy atom. The molecule has 0 spiro atoms. The molecule has 0 saturated carbocycles. The van der Waals surface area contributed by atoms with Crippen molar-refractivity contribution >= 4 is 32.8 Å². The molecule has 1 aromatic heterocycles. The highest BCUT2D eigenvalue weighted by Crippen LogP contribution is 2.31. The van der Waals surface area contributed by atoms with Gasteiger partial charge in [-0.1, -0.05) is 18.2 Å². The predicted molar refractivity (Wildman–Crippen MR) is 66.6 cm³/mol. The minimum atomic E-state index is -0.455. The number of ether oxygens (including phenoxy) is 1. The van der Waals surface area contributed by atoms with Gasteiger partial charge in [-0.2, -0.15) is 5.26 Å². The van der Waals surface area contributed by atoms with Gasteiger partial charge in [0.2, 0.25) is 0 Å². The second kappa shape index (κ2) is 4.60. The second-order valence-corrected chi connectivity index (χ2v) is 4.21. The van der Waals surface area contributed by atoms with E-state index in [1.54, 1.807) is 4.57 Å². The maximum absolute atomic E-state index is 11.7. The van der Waals surface area contributed by atoms with E-state index in [-0.39, 0.29) is 6.54 Å². The van der Waals surface area contributed by atoms with Gasteiger partial charge in [-0.15, -0.1) is 0 Å². The molecule has 0 aliphatic carbocycles. The van der Waals surface area contributed by atoms with E-state index in [2.05, 4.69) is 15.9 Å². The molecule has 1 heterocycles. The average molecular weight is 293 g/mol. The summed E-state index contributed by atoms with van der Waals surface area (Å²) in [7, 11) is 1.32. The lowest BCUT2D eigenvalue weighted by Gasteiger charge is -2.04. The lowest BCUT2D eigenvalue weighted by molar-refractivity contribution is 0.0588. The SMILES string of the molecule is COC(=O)c1c(Br)c2ccccc2n1CC#N. The number of benzene rings is 1. The van der Waals surface area contributed by atoms with Crippen LogP contribution in [-0.2, 0) is 11.3 Å². The van der Waals surface area contributed by atoms with Gasteiger partial charge in [0.05, 0.1) is 23.2 Å². The van der Waals surface area contributed by atoms with Crippen molar-refractivity contribution in [2.45, 2.75) is 6.54 Å². The molecule has 0 aliphatic rings. The topological polar surface area (TPSA) is 55.0 Å². The zero-order chi connectivity index (χ0) is 12.4. The number of fused-ring (bicyclic) bond motifs is 1. The van der Waals surface area contributed by atoms with E-state index in [4.69, 9.17) is 10.00 Å². The van der Waals surface area contributed by atoms with Gasteiger partial charge in [0.15, 0.2) is 0 Å². The Balaban J connectivity index is 2.81. The van der Waals surface area contributed by atoms with E-state index < -0.39 is 5.97 Å². The van der Waals surface area contributed by atoms with Crippen LogP contribution in [0.1, 0.15) is 10.5 Å². The van der Waals surface area contributed by atoms with E-state index >= 15 is 0 Å². The lowest BCUT2D eigenvalue weighted by atomic mass is 10.2. The largest absolute Gasteiger partial charge is 0.464 e. The van der Waals surface area contributed by atoms with Gasteiger partial charge in [0, 0.05) is 5.39 Å². The van der Waals surface area contributed by atoms with Crippen LogP contribution in [0.25, 0.3) is 10.9 Å². The summed E-state index contributed by atoms with van der Waals surface area (Å²) in [6, 6.07) is 9.54. The Morgan fingerprint density at radius 3 is 2.88 bits per heavy atom. The maximum atomic E-state index is 11.7. The van der Waals surface area contributed by atoms with Crippen molar-refractivity contribution in [2.24, 2.45) is 0 Å². The summed E-state index contributed by atoms with van der Waals surface area (Å²) < 4.78 is 7.04. The van der Waals surface area contributed by atoms with Crippen LogP contribution in [0.4, 0.5) is 0 Å². The van der Waals surface area contributed by atoms with E-state index in [1.165, 1.54) is 7.11 Å². The zero-order valence-corrected chi connectivity index (χ0v) is 10.7. The van der Waals surface area contributed by atoms with Gasteiger partial charge in [0.25, 0.3) is 0 Å². The smallest absolute Gasteiger partial charge is 0.355 e. The number of para-hydroxylation sites is 1. The first-order chi connectivity index (χ1) is 8.20. The van der Waals surface area contributed by atoms with E-state index in [0.29, 0.717) is 10.2 Å². The first kappa shape index (κ1) is 11.7. The van der Waals surface area contributed by atoms with Crippen molar-refractivity contribution in [2.75, 3.05) is 7.11 Å². The molecular weight excluding hydrogens is 284 g/mol. The summed E-state index contributed by atoms with van der Waals surface area (Å²) in [6.07, 6.45) is 0. The Kier molecular flexibility index (Phi) is 3.16. The number of aromatic nitrogens is 1. The fourth-order valence-electron chi connectivity index (χ4n) is 1.79. The maximum Gasteiger partial charge on any atom is 0.355 e. The molecule has 86 valence electrons. The quantitative estimate of drug-likeness (QED) is 0.800. The van der Waals surface area contributed by atoms with Gasteiger partial charge >= 0.3 is 5.97 Å².